The predicted octanol–water partition coefficient (Wildman–Crippen LogP) is 4.82. The third-order valence-electron chi connectivity index (χ3n) is 6.32. The molecular formula is C24H32N2O3S2. The fourth-order valence-corrected chi connectivity index (χ4v) is 7.45. The SMILES string of the molecule is CCCCCCCCN1CCN(C(=O)c2cc3c(s2)-c2ccccc2S(=O)(=O)C3)CC1. The van der Waals surface area contributed by atoms with E-state index >= 15 is 0 Å². The second-order valence-electron chi connectivity index (χ2n) is 8.62. The lowest BCUT2D eigenvalue weighted by atomic mass is 10.1. The fourth-order valence-electron chi connectivity index (χ4n) is 4.52. The summed E-state index contributed by atoms with van der Waals surface area (Å²) in [7, 11) is -3.34. The van der Waals surface area contributed by atoms with Gasteiger partial charge in [0.15, 0.2) is 9.84 Å². The first-order valence-electron chi connectivity index (χ1n) is 11.5. The Kier molecular flexibility index (Phi) is 7.14. The highest BCUT2D eigenvalue weighted by molar-refractivity contribution is 7.91. The molecule has 0 atom stereocenters. The summed E-state index contributed by atoms with van der Waals surface area (Å²) in [4.78, 5) is 19.5. The number of rotatable bonds is 8. The van der Waals surface area contributed by atoms with Crippen molar-refractivity contribution in [2.24, 2.45) is 0 Å². The molecule has 0 unspecified atom stereocenters. The van der Waals surface area contributed by atoms with E-state index in [2.05, 4.69) is 11.8 Å². The number of carbonyl (C=O) groups excluding carboxylic acids is 1. The minimum atomic E-state index is -3.34. The van der Waals surface area contributed by atoms with Gasteiger partial charge >= 0.3 is 0 Å². The van der Waals surface area contributed by atoms with E-state index in [0.29, 0.717) is 9.77 Å². The fraction of sp³-hybridized carbons (Fsp3) is 0.542. The summed E-state index contributed by atoms with van der Waals surface area (Å²) in [6, 6.07) is 8.92. The first-order chi connectivity index (χ1) is 15.0. The van der Waals surface area contributed by atoms with E-state index < -0.39 is 9.84 Å². The van der Waals surface area contributed by atoms with Gasteiger partial charge in [0, 0.05) is 36.6 Å². The van der Waals surface area contributed by atoms with E-state index in [1.807, 2.05) is 17.0 Å². The molecule has 7 heteroatoms. The highest BCUT2D eigenvalue weighted by atomic mass is 32.2. The van der Waals surface area contributed by atoms with Crippen molar-refractivity contribution in [1.82, 2.24) is 9.80 Å². The number of sulfone groups is 1. The van der Waals surface area contributed by atoms with Gasteiger partial charge < -0.3 is 4.90 Å². The molecule has 168 valence electrons. The van der Waals surface area contributed by atoms with Gasteiger partial charge in [0.25, 0.3) is 5.91 Å². The van der Waals surface area contributed by atoms with E-state index in [9.17, 15) is 13.2 Å². The topological polar surface area (TPSA) is 57.7 Å². The van der Waals surface area contributed by atoms with E-state index in [4.69, 9.17) is 0 Å². The largest absolute Gasteiger partial charge is 0.335 e. The molecule has 2 aliphatic heterocycles. The lowest BCUT2D eigenvalue weighted by Crippen LogP contribution is -2.48. The number of unbranched alkanes of at least 4 members (excludes halogenated alkanes) is 5. The van der Waals surface area contributed by atoms with Crippen molar-refractivity contribution in [3.63, 3.8) is 0 Å². The first kappa shape index (κ1) is 22.5. The molecular weight excluding hydrogens is 428 g/mol. The molecule has 31 heavy (non-hydrogen) atoms. The number of fused-ring (bicyclic) bond motifs is 3. The van der Waals surface area contributed by atoms with Crippen LogP contribution in [0.3, 0.4) is 0 Å². The molecule has 4 rings (SSSR count). The van der Waals surface area contributed by atoms with E-state index in [1.54, 1.807) is 18.2 Å². The molecule has 2 aromatic rings. The average Bonchev–Trinajstić information content (AvgIpc) is 3.19. The summed E-state index contributed by atoms with van der Waals surface area (Å²) in [6.07, 6.45) is 7.83. The zero-order chi connectivity index (χ0) is 21.8. The normalized spacial score (nSPS) is 17.9. The van der Waals surface area contributed by atoms with Crippen molar-refractivity contribution in [3.05, 3.63) is 40.8 Å². The zero-order valence-electron chi connectivity index (χ0n) is 18.3. The van der Waals surface area contributed by atoms with Crippen molar-refractivity contribution in [2.45, 2.75) is 56.1 Å². The van der Waals surface area contributed by atoms with Gasteiger partial charge in [-0.3, -0.25) is 9.69 Å². The molecule has 5 nitrogen and oxygen atoms in total. The summed E-state index contributed by atoms with van der Waals surface area (Å²) in [6.45, 7) is 6.69. The van der Waals surface area contributed by atoms with Gasteiger partial charge in [-0.15, -0.1) is 11.3 Å². The minimum Gasteiger partial charge on any atom is -0.335 e. The molecule has 0 radical (unpaired) electrons. The molecule has 1 aromatic heterocycles. The second kappa shape index (κ2) is 9.84. The van der Waals surface area contributed by atoms with Crippen molar-refractivity contribution < 1.29 is 13.2 Å². The number of hydrogen-bond donors (Lipinski definition) is 0. The Morgan fingerprint density at radius 2 is 1.71 bits per heavy atom. The molecule has 0 N–H and O–H groups in total. The van der Waals surface area contributed by atoms with E-state index in [0.717, 1.165) is 48.7 Å². The number of benzene rings is 1. The Labute approximate surface area is 190 Å². The Balaban J connectivity index is 1.35. The Morgan fingerprint density at radius 3 is 2.48 bits per heavy atom. The maximum absolute atomic E-state index is 13.1. The smallest absolute Gasteiger partial charge is 0.264 e. The summed E-state index contributed by atoms with van der Waals surface area (Å²) in [5.41, 5.74) is 1.49. The number of carbonyl (C=O) groups is 1. The predicted molar refractivity (Wildman–Crippen MR) is 126 cm³/mol. The molecule has 0 aliphatic carbocycles. The molecule has 1 amide bonds. The number of amides is 1. The molecule has 3 heterocycles. The lowest BCUT2D eigenvalue weighted by molar-refractivity contribution is 0.0640. The standard InChI is InChI=1S/C24H32N2O3S2/c1-2-3-4-5-6-9-12-25-13-15-26(16-14-25)24(27)21-17-19-18-31(28,29)22-11-8-7-10-20(22)23(19)30-21/h7-8,10-11,17H,2-6,9,12-16,18H2,1H3. The van der Waals surface area contributed by atoms with Crippen molar-refractivity contribution >= 4 is 27.1 Å². The number of thiophene rings is 1. The highest BCUT2D eigenvalue weighted by Crippen LogP contribution is 2.42. The van der Waals surface area contributed by atoms with Crippen LogP contribution in [0.2, 0.25) is 0 Å². The van der Waals surface area contributed by atoms with Crippen LogP contribution in [0.5, 0.6) is 0 Å². The van der Waals surface area contributed by atoms with Crippen LogP contribution in [0, 0.1) is 0 Å². The second-order valence-corrected chi connectivity index (χ2v) is 11.6. The minimum absolute atomic E-state index is 0.0187. The van der Waals surface area contributed by atoms with Crippen LogP contribution in [0.4, 0.5) is 0 Å². The first-order valence-corrected chi connectivity index (χ1v) is 13.9. The van der Waals surface area contributed by atoms with Gasteiger partial charge in [-0.2, -0.15) is 0 Å². The van der Waals surface area contributed by atoms with Crippen molar-refractivity contribution in [3.8, 4) is 10.4 Å². The maximum atomic E-state index is 13.1. The van der Waals surface area contributed by atoms with Gasteiger partial charge in [-0.25, -0.2) is 8.42 Å². The Morgan fingerprint density at radius 1 is 1.00 bits per heavy atom. The van der Waals surface area contributed by atoms with E-state index in [1.165, 1.54) is 49.9 Å². The van der Waals surface area contributed by atoms with E-state index in [-0.39, 0.29) is 11.7 Å². The van der Waals surface area contributed by atoms with Gasteiger partial charge in [0.2, 0.25) is 0 Å². The summed E-state index contributed by atoms with van der Waals surface area (Å²) >= 11 is 1.44. The summed E-state index contributed by atoms with van der Waals surface area (Å²) < 4.78 is 25.2. The maximum Gasteiger partial charge on any atom is 0.264 e. The molecule has 0 bridgehead atoms. The van der Waals surface area contributed by atoms with Crippen LogP contribution >= 0.6 is 11.3 Å². The van der Waals surface area contributed by atoms with Gasteiger partial charge in [0.1, 0.15) is 0 Å². The third-order valence-corrected chi connectivity index (χ3v) is 9.24. The zero-order valence-corrected chi connectivity index (χ0v) is 19.9. The molecule has 1 aromatic carbocycles. The van der Waals surface area contributed by atoms with Gasteiger partial charge in [0.05, 0.1) is 15.5 Å². The summed E-state index contributed by atoms with van der Waals surface area (Å²) in [5.74, 6) is 0.0170. The number of nitrogens with zero attached hydrogens (tertiary/aromatic N) is 2. The Bertz CT molecular complexity index is 1020. The molecule has 1 saturated heterocycles. The number of piperazine rings is 1. The Hall–Kier alpha value is -1.70. The van der Waals surface area contributed by atoms with Crippen molar-refractivity contribution in [2.75, 3.05) is 32.7 Å². The van der Waals surface area contributed by atoms with Crippen LogP contribution in [0.1, 0.15) is 60.7 Å². The van der Waals surface area contributed by atoms with Gasteiger partial charge in [-0.05, 0) is 30.7 Å². The van der Waals surface area contributed by atoms with Gasteiger partial charge in [-0.1, -0.05) is 57.2 Å². The lowest BCUT2D eigenvalue weighted by Gasteiger charge is -2.34. The van der Waals surface area contributed by atoms with Crippen LogP contribution in [0.15, 0.2) is 35.2 Å². The number of hydrogen-bond acceptors (Lipinski definition) is 5. The van der Waals surface area contributed by atoms with Crippen molar-refractivity contribution in [1.29, 1.82) is 0 Å². The van der Waals surface area contributed by atoms with Crippen LogP contribution in [-0.4, -0.2) is 56.8 Å². The quantitative estimate of drug-likeness (QED) is 0.530. The molecule has 2 aliphatic rings. The monoisotopic (exact) mass is 460 g/mol. The van der Waals surface area contributed by atoms with Crippen LogP contribution in [-0.2, 0) is 15.6 Å². The molecule has 0 spiro atoms. The average molecular weight is 461 g/mol. The molecule has 1 fully saturated rings. The third kappa shape index (κ3) is 5.04. The van der Waals surface area contributed by atoms with Crippen LogP contribution < -0.4 is 0 Å². The van der Waals surface area contributed by atoms with Crippen LogP contribution in [0.25, 0.3) is 10.4 Å². The molecule has 0 saturated carbocycles. The summed E-state index contributed by atoms with van der Waals surface area (Å²) in [5, 5.41) is 0. The highest BCUT2D eigenvalue weighted by Gasteiger charge is 2.32.